The largest absolute Gasteiger partial charge is 0.487 e. The van der Waals surface area contributed by atoms with Gasteiger partial charge in [-0.3, -0.25) is 0 Å². The molecular formula is C16H21ClN2O. The lowest BCUT2D eigenvalue weighted by atomic mass is 9.78. The topological polar surface area (TPSA) is 38.5 Å². The third kappa shape index (κ3) is 2.03. The van der Waals surface area contributed by atoms with Crippen molar-refractivity contribution in [2.24, 2.45) is 5.73 Å². The Labute approximate surface area is 125 Å². The van der Waals surface area contributed by atoms with Gasteiger partial charge in [0.25, 0.3) is 0 Å². The Balaban J connectivity index is 1.63. The van der Waals surface area contributed by atoms with Gasteiger partial charge in [0.2, 0.25) is 0 Å². The van der Waals surface area contributed by atoms with Crippen molar-refractivity contribution in [3.05, 3.63) is 28.8 Å². The first kappa shape index (κ1) is 12.9. The maximum Gasteiger partial charge on any atom is 0.125 e. The molecule has 0 amide bonds. The monoisotopic (exact) mass is 292 g/mol. The van der Waals surface area contributed by atoms with E-state index in [2.05, 4.69) is 4.90 Å². The fourth-order valence-corrected chi connectivity index (χ4v) is 4.45. The van der Waals surface area contributed by atoms with Gasteiger partial charge in [-0.1, -0.05) is 11.6 Å². The summed E-state index contributed by atoms with van der Waals surface area (Å²) in [6, 6.07) is 6.59. The quantitative estimate of drug-likeness (QED) is 0.798. The second-order valence-electron chi connectivity index (χ2n) is 6.56. The molecule has 4 rings (SSSR count). The van der Waals surface area contributed by atoms with Gasteiger partial charge in [-0.15, -0.1) is 0 Å². The lowest BCUT2D eigenvalue weighted by molar-refractivity contribution is -0.0358. The second kappa shape index (κ2) is 4.62. The van der Waals surface area contributed by atoms with E-state index in [9.17, 15) is 0 Å². The van der Waals surface area contributed by atoms with Crippen LogP contribution in [0.4, 0.5) is 0 Å². The molecule has 0 radical (unpaired) electrons. The van der Waals surface area contributed by atoms with Crippen LogP contribution in [-0.2, 0) is 0 Å². The summed E-state index contributed by atoms with van der Waals surface area (Å²) >= 11 is 6.07. The molecule has 3 heterocycles. The summed E-state index contributed by atoms with van der Waals surface area (Å²) in [4.78, 5) is 2.62. The average molecular weight is 293 g/mol. The van der Waals surface area contributed by atoms with Crippen molar-refractivity contribution in [1.29, 1.82) is 0 Å². The summed E-state index contributed by atoms with van der Waals surface area (Å²) < 4.78 is 6.43. The van der Waals surface area contributed by atoms with E-state index in [4.69, 9.17) is 22.1 Å². The Morgan fingerprint density at radius 2 is 2.20 bits per heavy atom. The zero-order valence-electron chi connectivity index (χ0n) is 11.6. The van der Waals surface area contributed by atoms with Gasteiger partial charge < -0.3 is 15.4 Å². The van der Waals surface area contributed by atoms with E-state index in [-0.39, 0.29) is 11.6 Å². The fraction of sp³-hybridized carbons (Fsp3) is 0.625. The number of ether oxygens (including phenoxy) is 1. The molecule has 2 unspecified atom stereocenters. The first-order chi connectivity index (χ1) is 9.65. The number of piperidine rings is 1. The van der Waals surface area contributed by atoms with E-state index >= 15 is 0 Å². The molecule has 3 atom stereocenters. The first-order valence-electron chi connectivity index (χ1n) is 7.63. The number of halogens is 1. The van der Waals surface area contributed by atoms with Gasteiger partial charge in [-0.2, -0.15) is 0 Å². The van der Waals surface area contributed by atoms with E-state index in [0.717, 1.165) is 42.1 Å². The molecule has 108 valence electrons. The SMILES string of the molecule is N[C@@H]1CC2(CCN3CCCC3C2)Oc2ccc(Cl)cc21. The molecule has 3 aliphatic heterocycles. The number of hydrogen-bond acceptors (Lipinski definition) is 3. The summed E-state index contributed by atoms with van der Waals surface area (Å²) in [7, 11) is 0. The van der Waals surface area contributed by atoms with Crippen LogP contribution in [0.2, 0.25) is 5.02 Å². The lowest BCUT2D eigenvalue weighted by Crippen LogP contribution is -2.53. The molecule has 1 aromatic rings. The maximum absolute atomic E-state index is 6.43. The van der Waals surface area contributed by atoms with Gasteiger partial charge in [0.15, 0.2) is 0 Å². The summed E-state index contributed by atoms with van der Waals surface area (Å²) in [5.41, 5.74) is 7.42. The zero-order chi connectivity index (χ0) is 13.7. The van der Waals surface area contributed by atoms with Gasteiger partial charge in [0.1, 0.15) is 11.4 Å². The maximum atomic E-state index is 6.43. The predicted molar refractivity (Wildman–Crippen MR) is 80.2 cm³/mol. The van der Waals surface area contributed by atoms with E-state index in [1.54, 1.807) is 0 Å². The van der Waals surface area contributed by atoms with E-state index < -0.39 is 0 Å². The van der Waals surface area contributed by atoms with Crippen LogP contribution in [0.3, 0.4) is 0 Å². The highest BCUT2D eigenvalue weighted by atomic mass is 35.5. The highest BCUT2D eigenvalue weighted by Crippen LogP contribution is 2.46. The van der Waals surface area contributed by atoms with Crippen LogP contribution in [0.15, 0.2) is 18.2 Å². The molecule has 0 saturated carbocycles. The molecule has 2 fully saturated rings. The summed E-state index contributed by atoms with van der Waals surface area (Å²) in [5.74, 6) is 0.944. The van der Waals surface area contributed by atoms with E-state index in [0.29, 0.717) is 6.04 Å². The number of nitrogens with two attached hydrogens (primary N) is 1. The molecule has 2 N–H and O–H groups in total. The minimum Gasteiger partial charge on any atom is -0.487 e. The first-order valence-corrected chi connectivity index (χ1v) is 8.01. The van der Waals surface area contributed by atoms with Crippen molar-refractivity contribution in [2.45, 2.75) is 49.8 Å². The molecule has 3 nitrogen and oxygen atoms in total. The molecular weight excluding hydrogens is 272 g/mol. The van der Waals surface area contributed by atoms with Crippen LogP contribution in [0.25, 0.3) is 0 Å². The van der Waals surface area contributed by atoms with Crippen molar-refractivity contribution >= 4 is 11.6 Å². The van der Waals surface area contributed by atoms with Crippen molar-refractivity contribution in [2.75, 3.05) is 13.1 Å². The van der Waals surface area contributed by atoms with Gasteiger partial charge in [0.05, 0.1) is 0 Å². The fourth-order valence-electron chi connectivity index (χ4n) is 4.27. The second-order valence-corrected chi connectivity index (χ2v) is 7.00. The third-order valence-corrected chi connectivity index (χ3v) is 5.49. The molecule has 1 spiro atoms. The van der Waals surface area contributed by atoms with Crippen LogP contribution >= 0.6 is 11.6 Å². The Bertz CT molecular complexity index is 535. The van der Waals surface area contributed by atoms with E-state index in [1.807, 2.05) is 18.2 Å². The van der Waals surface area contributed by atoms with Crippen molar-refractivity contribution < 1.29 is 4.74 Å². The van der Waals surface area contributed by atoms with Crippen LogP contribution in [-0.4, -0.2) is 29.6 Å². The standard InChI is InChI=1S/C16H21ClN2O/c17-11-3-4-15-13(8-11)14(18)10-16(20-15)5-7-19-6-1-2-12(19)9-16/h3-4,8,12,14H,1-2,5-7,9-10,18H2/t12?,14-,16?/m1/s1. The summed E-state index contributed by atoms with van der Waals surface area (Å²) in [6.45, 7) is 2.42. The number of benzene rings is 1. The molecule has 20 heavy (non-hydrogen) atoms. The average Bonchev–Trinajstić information content (AvgIpc) is 2.87. The molecule has 4 heteroatoms. The Morgan fingerprint density at radius 1 is 1.30 bits per heavy atom. The highest BCUT2D eigenvalue weighted by Gasteiger charge is 2.46. The molecule has 0 bridgehead atoms. The van der Waals surface area contributed by atoms with Crippen molar-refractivity contribution in [1.82, 2.24) is 4.90 Å². The van der Waals surface area contributed by atoms with Gasteiger partial charge >= 0.3 is 0 Å². The number of rotatable bonds is 0. The van der Waals surface area contributed by atoms with Gasteiger partial charge in [-0.25, -0.2) is 0 Å². The summed E-state index contributed by atoms with van der Waals surface area (Å²) in [6.07, 6.45) is 5.79. The predicted octanol–water partition coefficient (Wildman–Crippen LogP) is 3.12. The molecule has 1 aromatic carbocycles. The molecule has 0 aliphatic carbocycles. The minimum atomic E-state index is -0.0498. The van der Waals surface area contributed by atoms with Gasteiger partial charge in [0, 0.05) is 42.1 Å². The molecule has 2 saturated heterocycles. The molecule has 0 aromatic heterocycles. The van der Waals surface area contributed by atoms with Crippen LogP contribution in [0.5, 0.6) is 5.75 Å². The summed E-state index contributed by atoms with van der Waals surface area (Å²) in [5, 5.41) is 0.740. The minimum absolute atomic E-state index is 0.0467. The van der Waals surface area contributed by atoms with E-state index in [1.165, 1.54) is 19.4 Å². The Kier molecular flexibility index (Phi) is 2.99. The smallest absolute Gasteiger partial charge is 0.125 e. The third-order valence-electron chi connectivity index (χ3n) is 5.25. The normalized spacial score (nSPS) is 36.5. The number of nitrogens with zero attached hydrogens (tertiary/aromatic N) is 1. The lowest BCUT2D eigenvalue weighted by Gasteiger charge is -2.48. The van der Waals surface area contributed by atoms with Gasteiger partial charge in [-0.05, 0) is 44.0 Å². The zero-order valence-corrected chi connectivity index (χ0v) is 12.4. The van der Waals surface area contributed by atoms with Crippen molar-refractivity contribution in [3.63, 3.8) is 0 Å². The molecule has 3 aliphatic rings. The number of fused-ring (bicyclic) bond motifs is 2. The van der Waals surface area contributed by atoms with Crippen LogP contribution < -0.4 is 10.5 Å². The highest BCUT2D eigenvalue weighted by molar-refractivity contribution is 6.30. The Morgan fingerprint density at radius 3 is 3.10 bits per heavy atom. The Hall–Kier alpha value is -0.770. The number of hydrogen-bond donors (Lipinski definition) is 1. The van der Waals surface area contributed by atoms with Crippen LogP contribution in [0, 0.1) is 0 Å². The van der Waals surface area contributed by atoms with Crippen LogP contribution in [0.1, 0.15) is 43.7 Å². The van der Waals surface area contributed by atoms with Crippen molar-refractivity contribution in [3.8, 4) is 5.75 Å².